The molecule has 0 heterocycles. The Balaban J connectivity index is 3.07. The lowest BCUT2D eigenvalue weighted by molar-refractivity contribution is 0.419. The summed E-state index contributed by atoms with van der Waals surface area (Å²) in [6.07, 6.45) is 5.25. The van der Waals surface area contributed by atoms with Crippen LogP contribution in [0.25, 0.3) is 11.6 Å². The van der Waals surface area contributed by atoms with E-state index in [9.17, 15) is 0 Å². The SMILES string of the molecule is C=Cc1cccc(C)c1/C(=C\C)CCN(C)C. The molecule has 0 aliphatic carbocycles. The maximum Gasteiger partial charge on any atom is 0.00158 e. The smallest absolute Gasteiger partial charge is 0.00158 e. The molecule has 0 spiro atoms. The highest BCUT2D eigenvalue weighted by atomic mass is 15.0. The normalized spacial score (nSPS) is 11.9. The van der Waals surface area contributed by atoms with Gasteiger partial charge in [0.05, 0.1) is 0 Å². The quantitative estimate of drug-likeness (QED) is 0.738. The molecule has 1 aromatic carbocycles. The van der Waals surface area contributed by atoms with Gasteiger partial charge in [0.2, 0.25) is 0 Å². The van der Waals surface area contributed by atoms with Crippen molar-refractivity contribution in [3.8, 4) is 0 Å². The van der Waals surface area contributed by atoms with Gasteiger partial charge in [-0.05, 0) is 56.6 Å². The Bertz CT molecular complexity index is 414. The van der Waals surface area contributed by atoms with Gasteiger partial charge in [-0.25, -0.2) is 0 Å². The summed E-state index contributed by atoms with van der Waals surface area (Å²) in [6, 6.07) is 6.39. The van der Waals surface area contributed by atoms with Crippen LogP contribution in [0.2, 0.25) is 0 Å². The van der Waals surface area contributed by atoms with E-state index in [1.807, 2.05) is 6.08 Å². The second kappa shape index (κ2) is 6.41. The number of hydrogen-bond donors (Lipinski definition) is 0. The minimum absolute atomic E-state index is 1.07. The van der Waals surface area contributed by atoms with Crippen LogP contribution in [0.4, 0.5) is 0 Å². The Labute approximate surface area is 105 Å². The van der Waals surface area contributed by atoms with E-state index in [1.54, 1.807) is 0 Å². The zero-order valence-electron chi connectivity index (χ0n) is 11.5. The number of benzene rings is 1. The van der Waals surface area contributed by atoms with Gasteiger partial charge in [0.1, 0.15) is 0 Å². The van der Waals surface area contributed by atoms with Crippen molar-refractivity contribution >= 4 is 11.6 Å². The molecule has 0 fully saturated rings. The first-order valence-electron chi connectivity index (χ1n) is 6.12. The molecule has 0 unspecified atom stereocenters. The van der Waals surface area contributed by atoms with Crippen molar-refractivity contribution < 1.29 is 0 Å². The van der Waals surface area contributed by atoms with Crippen molar-refractivity contribution in [2.45, 2.75) is 20.3 Å². The van der Waals surface area contributed by atoms with Crippen LogP contribution < -0.4 is 0 Å². The van der Waals surface area contributed by atoms with E-state index in [0.717, 1.165) is 13.0 Å². The van der Waals surface area contributed by atoms with Gasteiger partial charge in [0, 0.05) is 6.54 Å². The Morgan fingerprint density at radius 1 is 1.35 bits per heavy atom. The minimum atomic E-state index is 1.07. The predicted octanol–water partition coefficient (Wildman–Crippen LogP) is 3.99. The minimum Gasteiger partial charge on any atom is -0.309 e. The summed E-state index contributed by atoms with van der Waals surface area (Å²) in [5, 5.41) is 0. The number of rotatable bonds is 5. The summed E-state index contributed by atoms with van der Waals surface area (Å²) in [6.45, 7) is 9.26. The fraction of sp³-hybridized carbons (Fsp3) is 0.375. The Hall–Kier alpha value is -1.34. The van der Waals surface area contributed by atoms with Gasteiger partial charge >= 0.3 is 0 Å². The van der Waals surface area contributed by atoms with Gasteiger partial charge in [0.15, 0.2) is 0 Å². The maximum atomic E-state index is 3.91. The van der Waals surface area contributed by atoms with Crippen molar-refractivity contribution in [1.82, 2.24) is 4.90 Å². The van der Waals surface area contributed by atoms with Crippen LogP contribution in [0, 0.1) is 6.92 Å². The Morgan fingerprint density at radius 2 is 2.06 bits per heavy atom. The summed E-state index contributed by atoms with van der Waals surface area (Å²) >= 11 is 0. The number of aryl methyl sites for hydroxylation is 1. The third-order valence-corrected chi connectivity index (χ3v) is 3.02. The van der Waals surface area contributed by atoms with Crippen molar-refractivity contribution in [3.63, 3.8) is 0 Å². The van der Waals surface area contributed by atoms with Crippen LogP contribution in [-0.4, -0.2) is 25.5 Å². The van der Waals surface area contributed by atoms with Crippen molar-refractivity contribution in [2.75, 3.05) is 20.6 Å². The summed E-state index contributed by atoms with van der Waals surface area (Å²) in [4.78, 5) is 2.22. The first kappa shape index (κ1) is 13.7. The molecule has 0 bridgehead atoms. The standard InChI is InChI=1S/C16H23N/c1-6-14-10-8-9-13(3)16(14)15(7-2)11-12-17(4)5/h6-10H,1,11-12H2,2-5H3/b15-7-. The number of nitrogens with zero attached hydrogens (tertiary/aromatic N) is 1. The molecule has 1 nitrogen and oxygen atoms in total. The molecular formula is C16H23N. The highest BCUT2D eigenvalue weighted by Crippen LogP contribution is 2.26. The van der Waals surface area contributed by atoms with E-state index in [0.29, 0.717) is 0 Å². The summed E-state index contributed by atoms with van der Waals surface area (Å²) in [5.74, 6) is 0. The third-order valence-electron chi connectivity index (χ3n) is 3.02. The Morgan fingerprint density at radius 3 is 2.59 bits per heavy atom. The second-order valence-electron chi connectivity index (χ2n) is 4.61. The third kappa shape index (κ3) is 3.57. The molecule has 0 aliphatic rings. The molecular weight excluding hydrogens is 206 g/mol. The zero-order valence-corrected chi connectivity index (χ0v) is 11.5. The van der Waals surface area contributed by atoms with Gasteiger partial charge < -0.3 is 4.90 Å². The monoisotopic (exact) mass is 229 g/mol. The lowest BCUT2D eigenvalue weighted by Crippen LogP contribution is -2.13. The first-order valence-corrected chi connectivity index (χ1v) is 6.12. The van der Waals surface area contributed by atoms with E-state index in [2.05, 4.69) is 63.7 Å². The summed E-state index contributed by atoms with van der Waals surface area (Å²) < 4.78 is 0. The molecule has 1 rings (SSSR count). The van der Waals surface area contributed by atoms with Crippen molar-refractivity contribution in [2.24, 2.45) is 0 Å². The molecule has 1 heteroatoms. The summed E-state index contributed by atoms with van der Waals surface area (Å²) in [5.41, 5.74) is 5.32. The van der Waals surface area contributed by atoms with E-state index >= 15 is 0 Å². The van der Waals surface area contributed by atoms with E-state index in [-0.39, 0.29) is 0 Å². The Kier molecular flexibility index (Phi) is 5.17. The van der Waals surface area contributed by atoms with Crippen LogP contribution >= 0.6 is 0 Å². The highest BCUT2D eigenvalue weighted by Gasteiger charge is 2.08. The fourth-order valence-corrected chi connectivity index (χ4v) is 2.06. The molecule has 0 aromatic heterocycles. The average molecular weight is 229 g/mol. The van der Waals surface area contributed by atoms with Crippen molar-refractivity contribution in [1.29, 1.82) is 0 Å². The number of hydrogen-bond acceptors (Lipinski definition) is 1. The lowest BCUT2D eigenvalue weighted by atomic mass is 9.92. The summed E-state index contributed by atoms with van der Waals surface area (Å²) in [7, 11) is 4.22. The van der Waals surface area contributed by atoms with Crippen molar-refractivity contribution in [3.05, 3.63) is 47.5 Å². The molecule has 92 valence electrons. The molecule has 0 radical (unpaired) electrons. The van der Waals surface area contributed by atoms with E-state index in [1.165, 1.54) is 22.3 Å². The van der Waals surface area contributed by atoms with Crippen LogP contribution in [0.3, 0.4) is 0 Å². The molecule has 0 N–H and O–H groups in total. The first-order chi connectivity index (χ1) is 8.10. The lowest BCUT2D eigenvalue weighted by Gasteiger charge is -2.16. The van der Waals surface area contributed by atoms with E-state index in [4.69, 9.17) is 0 Å². The highest BCUT2D eigenvalue weighted by molar-refractivity contribution is 5.76. The van der Waals surface area contributed by atoms with Crippen LogP contribution in [0.5, 0.6) is 0 Å². The topological polar surface area (TPSA) is 3.24 Å². The van der Waals surface area contributed by atoms with Gasteiger partial charge in [0.25, 0.3) is 0 Å². The van der Waals surface area contributed by atoms with E-state index < -0.39 is 0 Å². The molecule has 1 aromatic rings. The molecule has 0 aliphatic heterocycles. The largest absolute Gasteiger partial charge is 0.309 e. The van der Waals surface area contributed by atoms with Crippen LogP contribution in [-0.2, 0) is 0 Å². The predicted molar refractivity (Wildman–Crippen MR) is 78.1 cm³/mol. The molecule has 17 heavy (non-hydrogen) atoms. The molecule has 0 saturated heterocycles. The van der Waals surface area contributed by atoms with Gasteiger partial charge in [-0.15, -0.1) is 0 Å². The zero-order chi connectivity index (χ0) is 12.8. The van der Waals surface area contributed by atoms with Gasteiger partial charge in [-0.2, -0.15) is 0 Å². The van der Waals surface area contributed by atoms with Crippen LogP contribution in [0.15, 0.2) is 30.9 Å². The average Bonchev–Trinajstić information content (AvgIpc) is 2.31. The van der Waals surface area contributed by atoms with Gasteiger partial charge in [-0.3, -0.25) is 0 Å². The maximum absolute atomic E-state index is 3.91. The fourth-order valence-electron chi connectivity index (χ4n) is 2.06. The molecule has 0 atom stereocenters. The molecule has 0 amide bonds. The number of allylic oxidation sites excluding steroid dienone is 1. The second-order valence-corrected chi connectivity index (χ2v) is 4.61. The van der Waals surface area contributed by atoms with Gasteiger partial charge in [-0.1, -0.05) is 36.9 Å². The molecule has 0 saturated carbocycles. The van der Waals surface area contributed by atoms with Crippen LogP contribution in [0.1, 0.15) is 30.0 Å².